The van der Waals surface area contributed by atoms with Crippen molar-refractivity contribution >= 4 is 44.7 Å². The maximum absolute atomic E-state index is 13.1. The van der Waals surface area contributed by atoms with Crippen LogP contribution in [0.15, 0.2) is 52.7 Å². The van der Waals surface area contributed by atoms with Crippen LogP contribution in [0.4, 0.5) is 5.82 Å². The minimum atomic E-state index is -3.96. The molecule has 1 aromatic heterocycles. The number of aryl methyl sites for hydroxylation is 1. The first-order valence-corrected chi connectivity index (χ1v) is 11.0. The first-order valence-electron chi connectivity index (χ1n) is 8.32. The fraction of sp³-hybridized carbons (Fsp3) is 0.158. The number of carbonyl (C=O) groups is 1. The first kappa shape index (κ1) is 20.3. The van der Waals surface area contributed by atoms with Crippen molar-refractivity contribution in [2.24, 2.45) is 0 Å². The number of anilines is 1. The molecule has 0 radical (unpaired) electrons. The molecule has 0 saturated heterocycles. The molecule has 6 nitrogen and oxygen atoms in total. The molecule has 0 aliphatic heterocycles. The Morgan fingerprint density at radius 3 is 2.50 bits per heavy atom. The quantitative estimate of drug-likeness (QED) is 0.605. The highest BCUT2D eigenvalue weighted by molar-refractivity contribution is 7.92. The standard InChI is InChI=1S/C19H17ClN2O4S2/c1-3-22(17-11-27-18(21-17)13-5-7-14(20)8-6-13)28(25,26)15-9-4-12(2)16(10-15)19(23)24/h4-11H,3H2,1-2H3,(H,23,24). The van der Waals surface area contributed by atoms with Gasteiger partial charge in [-0.15, -0.1) is 11.3 Å². The number of rotatable bonds is 6. The third kappa shape index (κ3) is 3.89. The molecule has 0 bridgehead atoms. The van der Waals surface area contributed by atoms with E-state index in [1.165, 1.54) is 33.8 Å². The fourth-order valence-electron chi connectivity index (χ4n) is 2.68. The molecule has 3 aromatic rings. The number of aromatic carboxylic acids is 1. The maximum atomic E-state index is 13.1. The topological polar surface area (TPSA) is 87.6 Å². The van der Waals surface area contributed by atoms with E-state index in [-0.39, 0.29) is 22.8 Å². The van der Waals surface area contributed by atoms with E-state index in [0.717, 1.165) is 5.56 Å². The van der Waals surface area contributed by atoms with Gasteiger partial charge in [0.1, 0.15) is 5.01 Å². The highest BCUT2D eigenvalue weighted by Gasteiger charge is 2.27. The average Bonchev–Trinajstić information content (AvgIpc) is 3.12. The number of benzene rings is 2. The van der Waals surface area contributed by atoms with Crippen LogP contribution in [0.3, 0.4) is 0 Å². The van der Waals surface area contributed by atoms with Crippen molar-refractivity contribution in [2.45, 2.75) is 18.7 Å². The first-order chi connectivity index (χ1) is 13.2. The van der Waals surface area contributed by atoms with Gasteiger partial charge in [-0.25, -0.2) is 22.5 Å². The van der Waals surface area contributed by atoms with E-state index in [1.54, 1.807) is 31.4 Å². The number of aromatic nitrogens is 1. The normalized spacial score (nSPS) is 11.4. The number of thiazole rings is 1. The van der Waals surface area contributed by atoms with E-state index < -0.39 is 16.0 Å². The lowest BCUT2D eigenvalue weighted by Gasteiger charge is -2.20. The van der Waals surface area contributed by atoms with Crippen molar-refractivity contribution in [3.8, 4) is 10.6 Å². The largest absolute Gasteiger partial charge is 0.478 e. The van der Waals surface area contributed by atoms with Gasteiger partial charge in [-0.1, -0.05) is 29.8 Å². The highest BCUT2D eigenvalue weighted by Crippen LogP contribution is 2.31. The zero-order valence-electron chi connectivity index (χ0n) is 15.1. The van der Waals surface area contributed by atoms with E-state index >= 15 is 0 Å². The highest BCUT2D eigenvalue weighted by atomic mass is 35.5. The molecule has 28 heavy (non-hydrogen) atoms. The van der Waals surface area contributed by atoms with Crippen molar-refractivity contribution in [1.29, 1.82) is 0 Å². The second-order valence-electron chi connectivity index (χ2n) is 5.97. The molecular formula is C19H17ClN2O4S2. The van der Waals surface area contributed by atoms with Crippen LogP contribution in [-0.4, -0.2) is 31.0 Å². The van der Waals surface area contributed by atoms with E-state index in [2.05, 4.69) is 4.98 Å². The van der Waals surface area contributed by atoms with Gasteiger partial charge in [-0.3, -0.25) is 0 Å². The summed E-state index contributed by atoms with van der Waals surface area (Å²) in [7, 11) is -3.96. The predicted molar refractivity (Wildman–Crippen MR) is 111 cm³/mol. The van der Waals surface area contributed by atoms with E-state index in [1.807, 2.05) is 12.1 Å². The maximum Gasteiger partial charge on any atom is 0.335 e. The fourth-order valence-corrected chi connectivity index (χ4v) is 5.13. The van der Waals surface area contributed by atoms with E-state index in [9.17, 15) is 18.3 Å². The number of hydrogen-bond donors (Lipinski definition) is 1. The minimum absolute atomic E-state index is 0.0442. The van der Waals surface area contributed by atoms with Gasteiger partial charge in [0.25, 0.3) is 10.0 Å². The zero-order valence-corrected chi connectivity index (χ0v) is 17.5. The molecule has 1 heterocycles. The SMILES string of the molecule is CCN(c1csc(-c2ccc(Cl)cc2)n1)S(=O)(=O)c1ccc(C)c(C(=O)O)c1. The molecule has 0 spiro atoms. The Balaban J connectivity index is 2.00. The Bertz CT molecular complexity index is 1130. The average molecular weight is 437 g/mol. The molecule has 3 rings (SSSR count). The zero-order chi connectivity index (χ0) is 20.5. The molecule has 0 atom stereocenters. The molecule has 2 aromatic carbocycles. The Kier molecular flexibility index (Phi) is 5.74. The van der Waals surface area contributed by atoms with Gasteiger partial charge >= 0.3 is 5.97 Å². The number of hydrogen-bond acceptors (Lipinski definition) is 5. The summed E-state index contributed by atoms with van der Waals surface area (Å²) in [5.41, 5.74) is 1.28. The molecule has 0 amide bonds. The molecule has 9 heteroatoms. The van der Waals surface area contributed by atoms with Gasteiger partial charge < -0.3 is 5.11 Å². The van der Waals surface area contributed by atoms with Gasteiger partial charge in [0, 0.05) is 22.5 Å². The third-order valence-corrected chi connectivity index (χ3v) is 7.16. The van der Waals surface area contributed by atoms with Crippen LogP contribution in [-0.2, 0) is 10.0 Å². The second-order valence-corrected chi connectivity index (χ2v) is 9.13. The lowest BCUT2D eigenvalue weighted by atomic mass is 10.1. The van der Waals surface area contributed by atoms with Crippen LogP contribution in [0.1, 0.15) is 22.8 Å². The summed E-state index contributed by atoms with van der Waals surface area (Å²) in [5, 5.41) is 12.2. The Labute approximate surface area is 172 Å². The number of carboxylic acid groups (broad SMARTS) is 1. The molecule has 0 aliphatic carbocycles. The molecule has 146 valence electrons. The summed E-state index contributed by atoms with van der Waals surface area (Å²) >= 11 is 7.22. The Morgan fingerprint density at radius 2 is 1.89 bits per heavy atom. The third-order valence-electron chi connectivity index (χ3n) is 4.15. The van der Waals surface area contributed by atoms with Gasteiger partial charge in [-0.2, -0.15) is 0 Å². The van der Waals surface area contributed by atoms with Gasteiger partial charge in [-0.05, 0) is 43.7 Å². The van der Waals surface area contributed by atoms with Gasteiger partial charge in [0.15, 0.2) is 5.82 Å². The molecule has 0 aliphatic rings. The smallest absolute Gasteiger partial charge is 0.335 e. The van der Waals surface area contributed by atoms with Crippen molar-refractivity contribution in [3.63, 3.8) is 0 Å². The Hall–Kier alpha value is -2.42. The lowest BCUT2D eigenvalue weighted by Crippen LogP contribution is -2.31. The van der Waals surface area contributed by atoms with Crippen molar-refractivity contribution in [1.82, 2.24) is 4.98 Å². The number of carboxylic acids is 1. The number of sulfonamides is 1. The summed E-state index contributed by atoms with van der Waals surface area (Å²) in [6, 6.07) is 11.2. The van der Waals surface area contributed by atoms with Crippen molar-refractivity contribution in [3.05, 3.63) is 64.0 Å². The van der Waals surface area contributed by atoms with Gasteiger partial charge in [0.2, 0.25) is 0 Å². The summed E-state index contributed by atoms with van der Waals surface area (Å²) in [6.45, 7) is 3.48. The van der Waals surface area contributed by atoms with Gasteiger partial charge in [0.05, 0.1) is 10.5 Å². The molecule has 0 saturated carbocycles. The second kappa shape index (κ2) is 7.90. The summed E-state index contributed by atoms with van der Waals surface area (Å²) in [5.74, 6) is -0.883. The van der Waals surface area contributed by atoms with Crippen molar-refractivity contribution in [2.75, 3.05) is 10.8 Å². The lowest BCUT2D eigenvalue weighted by molar-refractivity contribution is 0.0696. The van der Waals surface area contributed by atoms with Crippen molar-refractivity contribution < 1.29 is 18.3 Å². The van der Waals surface area contributed by atoms with Crippen LogP contribution in [0.2, 0.25) is 5.02 Å². The van der Waals surface area contributed by atoms with Crippen LogP contribution in [0, 0.1) is 6.92 Å². The predicted octanol–water partition coefficient (Wildman–Crippen LogP) is 4.69. The van der Waals surface area contributed by atoms with Crippen LogP contribution in [0.5, 0.6) is 0 Å². The molecule has 0 fully saturated rings. The number of nitrogens with zero attached hydrogens (tertiary/aromatic N) is 2. The number of halogens is 1. The molecule has 0 unspecified atom stereocenters. The van der Waals surface area contributed by atoms with E-state index in [0.29, 0.717) is 15.6 Å². The minimum Gasteiger partial charge on any atom is -0.478 e. The summed E-state index contributed by atoms with van der Waals surface area (Å²) < 4.78 is 27.4. The molecular weight excluding hydrogens is 420 g/mol. The monoisotopic (exact) mass is 436 g/mol. The summed E-state index contributed by atoms with van der Waals surface area (Å²) in [6.07, 6.45) is 0. The van der Waals surface area contributed by atoms with Crippen LogP contribution < -0.4 is 4.31 Å². The van der Waals surface area contributed by atoms with Crippen LogP contribution >= 0.6 is 22.9 Å². The summed E-state index contributed by atoms with van der Waals surface area (Å²) in [4.78, 5) is 15.7. The molecule has 1 N–H and O–H groups in total. The Morgan fingerprint density at radius 1 is 1.21 bits per heavy atom. The van der Waals surface area contributed by atoms with Crippen LogP contribution in [0.25, 0.3) is 10.6 Å². The van der Waals surface area contributed by atoms with E-state index in [4.69, 9.17) is 11.6 Å².